The van der Waals surface area contributed by atoms with Crippen LogP contribution in [0.15, 0.2) is 30.3 Å². The number of hydrogen-bond acceptors (Lipinski definition) is 9. The summed E-state index contributed by atoms with van der Waals surface area (Å²) >= 11 is 22.4. The SMILES string of the molecule is ClC1C(Cl)C2C3NC4NC(NC5NC(NC6NC(NC(N3)C2C(Cl)C1Oc1ccccc1)C1CCCCC61)C1CCCCC51)C1CCCCC41. The van der Waals surface area contributed by atoms with Gasteiger partial charge >= 0.3 is 0 Å². The van der Waals surface area contributed by atoms with E-state index >= 15 is 0 Å². The number of fused-ring (bicyclic) bond motifs is 20. The topological polar surface area (TPSA) is 105 Å². The van der Waals surface area contributed by atoms with Gasteiger partial charge in [0, 0.05) is 11.8 Å². The Hall–Kier alpha value is -0.430. The zero-order valence-corrected chi connectivity index (χ0v) is 31.2. The Balaban J connectivity index is 1.00. The second-order valence-corrected chi connectivity index (χ2v) is 18.9. The van der Waals surface area contributed by atoms with E-state index < -0.39 is 11.5 Å². The fourth-order valence-corrected chi connectivity index (χ4v) is 14.1. The fourth-order valence-electron chi connectivity index (χ4n) is 12.7. The van der Waals surface area contributed by atoms with E-state index in [1.165, 1.54) is 77.0 Å². The molecule has 20 unspecified atom stereocenters. The van der Waals surface area contributed by atoms with Crippen LogP contribution in [0, 0.1) is 47.3 Å². The molecule has 4 saturated carbocycles. The van der Waals surface area contributed by atoms with Gasteiger partial charge in [-0.2, -0.15) is 0 Å². The van der Waals surface area contributed by atoms with Crippen LogP contribution >= 0.6 is 34.8 Å². The molecule has 8 bridgehead atoms. The molecule has 0 spiro atoms. The highest BCUT2D eigenvalue weighted by atomic mass is 35.5. The first-order chi connectivity index (χ1) is 24.5. The van der Waals surface area contributed by atoms with E-state index in [1.54, 1.807) is 0 Å². The minimum atomic E-state index is -0.432. The van der Waals surface area contributed by atoms with E-state index in [0.29, 0.717) is 47.8 Å². The normalized spacial score (nSPS) is 54.3. The molecule has 12 heteroatoms. The van der Waals surface area contributed by atoms with Gasteiger partial charge in [0.1, 0.15) is 11.9 Å². The van der Waals surface area contributed by atoms with E-state index in [0.717, 1.165) is 5.75 Å². The Morgan fingerprint density at radius 2 is 0.720 bits per heavy atom. The maximum Gasteiger partial charge on any atom is 0.133 e. The molecule has 9 nitrogen and oxygen atoms in total. The average molecular weight is 748 g/mol. The molecule has 10 rings (SSSR count). The van der Waals surface area contributed by atoms with Crippen LogP contribution in [0.25, 0.3) is 0 Å². The molecular formula is C38H57Cl3N8O. The van der Waals surface area contributed by atoms with Crippen LogP contribution in [-0.2, 0) is 0 Å². The van der Waals surface area contributed by atoms with E-state index in [-0.39, 0.29) is 59.6 Å². The van der Waals surface area contributed by atoms with Crippen molar-refractivity contribution in [3.63, 3.8) is 0 Å². The maximum absolute atomic E-state index is 7.60. The monoisotopic (exact) mass is 746 g/mol. The molecule has 50 heavy (non-hydrogen) atoms. The fraction of sp³-hybridized carbons (Fsp3) is 0.842. The maximum atomic E-state index is 7.60. The quantitative estimate of drug-likeness (QED) is 0.211. The molecule has 0 amide bonds. The van der Waals surface area contributed by atoms with Gasteiger partial charge in [-0.3, -0.25) is 42.5 Å². The van der Waals surface area contributed by atoms with Crippen LogP contribution in [0.1, 0.15) is 77.0 Å². The lowest BCUT2D eigenvalue weighted by Crippen LogP contribution is -2.62. The summed E-state index contributed by atoms with van der Waals surface area (Å²) in [7, 11) is 0. The van der Waals surface area contributed by atoms with Crippen molar-refractivity contribution in [1.29, 1.82) is 0 Å². The van der Waals surface area contributed by atoms with Crippen molar-refractivity contribution in [1.82, 2.24) is 42.5 Å². The lowest BCUT2D eigenvalue weighted by Gasteiger charge is -2.45. The van der Waals surface area contributed by atoms with Crippen LogP contribution in [0.4, 0.5) is 0 Å². The second-order valence-electron chi connectivity index (χ2n) is 17.4. The van der Waals surface area contributed by atoms with Crippen LogP contribution in [0.5, 0.6) is 5.75 Å². The summed E-state index contributed by atoms with van der Waals surface area (Å²) in [5.41, 5.74) is 0. The summed E-state index contributed by atoms with van der Waals surface area (Å²) in [5.74, 6) is 4.47. The third kappa shape index (κ3) is 5.87. The van der Waals surface area contributed by atoms with Crippen LogP contribution in [-0.4, -0.2) is 71.6 Å². The van der Waals surface area contributed by atoms with Crippen LogP contribution in [0.2, 0.25) is 0 Å². The minimum absolute atomic E-state index is 0.0186. The number of hydrogen-bond donors (Lipinski definition) is 8. The smallest absolute Gasteiger partial charge is 0.133 e. The minimum Gasteiger partial charge on any atom is -0.487 e. The lowest BCUT2D eigenvalue weighted by atomic mass is 9.75. The molecule has 5 heterocycles. The van der Waals surface area contributed by atoms with Crippen LogP contribution in [0.3, 0.4) is 0 Å². The van der Waals surface area contributed by atoms with Crippen molar-refractivity contribution in [2.75, 3.05) is 0 Å². The van der Waals surface area contributed by atoms with Crippen LogP contribution < -0.4 is 47.3 Å². The number of halogens is 3. The predicted octanol–water partition coefficient (Wildman–Crippen LogP) is 4.32. The Labute approximate surface area is 312 Å². The van der Waals surface area contributed by atoms with Crippen molar-refractivity contribution in [3.8, 4) is 5.75 Å². The summed E-state index contributed by atoms with van der Waals surface area (Å²) in [5, 5.41) is 32.2. The molecule has 1 aromatic carbocycles. The number of para-hydroxylation sites is 1. The summed E-state index contributed by atoms with van der Waals surface area (Å²) in [6, 6.07) is 9.95. The summed E-state index contributed by atoms with van der Waals surface area (Å²) < 4.78 is 6.58. The number of rotatable bonds is 2. The zero-order chi connectivity index (χ0) is 33.5. The molecule has 0 aromatic heterocycles. The third-order valence-corrected chi connectivity index (χ3v) is 16.7. The molecule has 1 aromatic rings. The van der Waals surface area contributed by atoms with Gasteiger partial charge in [-0.15, -0.1) is 34.8 Å². The summed E-state index contributed by atoms with van der Waals surface area (Å²) in [6.45, 7) is 0. The molecule has 8 N–H and O–H groups in total. The molecule has 276 valence electrons. The zero-order valence-electron chi connectivity index (χ0n) is 29.0. The van der Waals surface area contributed by atoms with Gasteiger partial charge in [0.15, 0.2) is 0 Å². The molecule has 9 aliphatic rings. The lowest BCUT2D eigenvalue weighted by molar-refractivity contribution is 0.0896. The van der Waals surface area contributed by atoms with E-state index in [1.807, 2.05) is 30.3 Å². The second kappa shape index (κ2) is 14.0. The first kappa shape index (κ1) is 34.1. The highest BCUT2D eigenvalue weighted by Crippen LogP contribution is 2.49. The highest BCUT2D eigenvalue weighted by molar-refractivity contribution is 6.32. The van der Waals surface area contributed by atoms with Crippen molar-refractivity contribution in [2.24, 2.45) is 47.3 Å². The first-order valence-electron chi connectivity index (χ1n) is 20.2. The Kier molecular flexibility index (Phi) is 9.55. The average Bonchev–Trinajstić information content (AvgIpc) is 3.88. The van der Waals surface area contributed by atoms with Gasteiger partial charge in [-0.05, 0) is 86.2 Å². The Morgan fingerprint density at radius 3 is 1.10 bits per heavy atom. The number of ether oxygens (including phenoxy) is 1. The van der Waals surface area contributed by atoms with Gasteiger partial charge in [-0.1, -0.05) is 56.7 Å². The van der Waals surface area contributed by atoms with Gasteiger partial charge in [0.05, 0.1) is 65.5 Å². The molecular weight excluding hydrogens is 691 g/mol. The number of alkyl halides is 3. The van der Waals surface area contributed by atoms with E-state index in [9.17, 15) is 0 Å². The Bertz CT molecular complexity index is 1350. The molecule has 5 aliphatic heterocycles. The van der Waals surface area contributed by atoms with Gasteiger partial charge < -0.3 is 4.74 Å². The van der Waals surface area contributed by atoms with Crippen molar-refractivity contribution in [2.45, 2.75) is 149 Å². The molecule has 9 fully saturated rings. The highest BCUT2D eigenvalue weighted by Gasteiger charge is 2.61. The molecule has 4 aliphatic carbocycles. The van der Waals surface area contributed by atoms with E-state index in [4.69, 9.17) is 39.5 Å². The predicted molar refractivity (Wildman–Crippen MR) is 198 cm³/mol. The van der Waals surface area contributed by atoms with Gasteiger partial charge in [0.2, 0.25) is 0 Å². The number of benzene rings is 1. The largest absolute Gasteiger partial charge is 0.487 e. The molecule has 0 radical (unpaired) electrons. The van der Waals surface area contributed by atoms with Crippen molar-refractivity contribution in [3.05, 3.63) is 30.3 Å². The summed E-state index contributed by atoms with van der Waals surface area (Å²) in [4.78, 5) is 0. The van der Waals surface area contributed by atoms with Crippen molar-refractivity contribution >= 4 is 34.8 Å². The summed E-state index contributed by atoms with van der Waals surface area (Å²) in [6.07, 6.45) is 16.6. The first-order valence-corrected chi connectivity index (χ1v) is 21.5. The third-order valence-electron chi connectivity index (χ3n) is 15.0. The number of nitrogens with one attached hydrogen (secondary N) is 8. The van der Waals surface area contributed by atoms with Gasteiger partial charge in [-0.25, -0.2) is 0 Å². The van der Waals surface area contributed by atoms with E-state index in [2.05, 4.69) is 42.5 Å². The van der Waals surface area contributed by atoms with Crippen molar-refractivity contribution < 1.29 is 4.74 Å². The Morgan fingerprint density at radius 1 is 0.400 bits per heavy atom. The molecule has 5 saturated heterocycles. The standard InChI is InChI=1S/C38H57Cl3N8O/c39-27-25-26(28(40)30(29(27)41)50-18-10-2-1-3-11-18)38-48-36-24-17-9-7-15-22(24)34(46-36)44-32-20-13-5-4-12-19(20)31(42-32)43-33-21-14-6-8-16-23(21)35(45-33)47-37(25)49-38/h1-3,10-11,19-38,42-49H,4-9,12-17H2. The molecule has 20 atom stereocenters. The van der Waals surface area contributed by atoms with Gasteiger partial charge in [0.25, 0.3) is 0 Å².